The number of methoxy groups -OCH3 is 1. The van der Waals surface area contributed by atoms with Crippen LogP contribution in [0.4, 0.5) is 13.2 Å². The van der Waals surface area contributed by atoms with Gasteiger partial charge in [-0.2, -0.15) is 13.2 Å². The number of hydrogen-bond donors (Lipinski definition) is 1. The van der Waals surface area contributed by atoms with Gasteiger partial charge in [-0.05, 0) is 18.2 Å². The molecule has 0 aliphatic rings. The standard InChI is InChI=1S/C18H17F3N2O4/c1-3-12(24)10-22-17(25)15-8-14(26-2)9-16(23-15)27-13-6-4-5-11(7-13)18(19,20)21/h4-9H,3,10H2,1-2H3,(H,22,25). The summed E-state index contributed by atoms with van der Waals surface area (Å²) in [4.78, 5) is 27.4. The lowest BCUT2D eigenvalue weighted by Crippen LogP contribution is -2.29. The maximum atomic E-state index is 12.8. The molecule has 1 amide bonds. The third-order valence-electron chi connectivity index (χ3n) is 3.47. The van der Waals surface area contributed by atoms with Crippen molar-refractivity contribution in [1.82, 2.24) is 10.3 Å². The summed E-state index contributed by atoms with van der Waals surface area (Å²) in [7, 11) is 1.35. The Bertz CT molecular complexity index is 838. The number of carbonyl (C=O) groups excluding carboxylic acids is 2. The van der Waals surface area contributed by atoms with Gasteiger partial charge < -0.3 is 14.8 Å². The molecule has 0 unspecified atom stereocenters. The van der Waals surface area contributed by atoms with E-state index in [9.17, 15) is 22.8 Å². The van der Waals surface area contributed by atoms with Crippen LogP contribution in [0.15, 0.2) is 36.4 Å². The molecule has 0 spiro atoms. The molecule has 2 rings (SSSR count). The highest BCUT2D eigenvalue weighted by Gasteiger charge is 2.30. The molecule has 0 bridgehead atoms. The Morgan fingerprint density at radius 2 is 1.89 bits per heavy atom. The van der Waals surface area contributed by atoms with Crippen LogP contribution in [0.25, 0.3) is 0 Å². The van der Waals surface area contributed by atoms with Crippen molar-refractivity contribution in [2.75, 3.05) is 13.7 Å². The van der Waals surface area contributed by atoms with Crippen LogP contribution in [-0.2, 0) is 11.0 Å². The molecule has 0 saturated carbocycles. The highest BCUT2D eigenvalue weighted by atomic mass is 19.4. The van der Waals surface area contributed by atoms with E-state index in [0.29, 0.717) is 0 Å². The van der Waals surface area contributed by atoms with Crippen molar-refractivity contribution < 1.29 is 32.2 Å². The van der Waals surface area contributed by atoms with E-state index in [1.165, 1.54) is 31.4 Å². The highest BCUT2D eigenvalue weighted by Crippen LogP contribution is 2.33. The summed E-state index contributed by atoms with van der Waals surface area (Å²) in [6.45, 7) is 1.51. The first-order valence-corrected chi connectivity index (χ1v) is 7.94. The van der Waals surface area contributed by atoms with Gasteiger partial charge in [0.05, 0.1) is 19.2 Å². The second-order valence-electron chi connectivity index (χ2n) is 5.43. The van der Waals surface area contributed by atoms with Crippen LogP contribution < -0.4 is 14.8 Å². The summed E-state index contributed by atoms with van der Waals surface area (Å²) in [5.41, 5.74) is -0.973. The van der Waals surface area contributed by atoms with Crippen molar-refractivity contribution in [1.29, 1.82) is 0 Å². The number of rotatable bonds is 7. The molecule has 9 heteroatoms. The van der Waals surface area contributed by atoms with Gasteiger partial charge in [0.2, 0.25) is 5.88 Å². The van der Waals surface area contributed by atoms with Crippen molar-refractivity contribution in [3.8, 4) is 17.4 Å². The van der Waals surface area contributed by atoms with E-state index in [4.69, 9.17) is 9.47 Å². The highest BCUT2D eigenvalue weighted by molar-refractivity contribution is 5.95. The van der Waals surface area contributed by atoms with Gasteiger partial charge in [0.1, 0.15) is 17.2 Å². The van der Waals surface area contributed by atoms with E-state index in [0.717, 1.165) is 12.1 Å². The van der Waals surface area contributed by atoms with Gasteiger partial charge in [0.25, 0.3) is 5.91 Å². The Hall–Kier alpha value is -3.10. The number of ether oxygens (including phenoxy) is 2. The third-order valence-corrected chi connectivity index (χ3v) is 3.47. The molecule has 0 radical (unpaired) electrons. The maximum Gasteiger partial charge on any atom is 0.416 e. The number of aromatic nitrogens is 1. The van der Waals surface area contributed by atoms with E-state index in [-0.39, 0.29) is 41.8 Å². The second-order valence-corrected chi connectivity index (χ2v) is 5.43. The first-order chi connectivity index (χ1) is 12.7. The molecule has 6 nitrogen and oxygen atoms in total. The summed E-state index contributed by atoms with van der Waals surface area (Å²) in [5.74, 6) is -0.797. The fourth-order valence-electron chi connectivity index (χ4n) is 2.02. The molecule has 1 aromatic carbocycles. The number of nitrogens with one attached hydrogen (secondary N) is 1. The van der Waals surface area contributed by atoms with E-state index in [1.54, 1.807) is 6.92 Å². The lowest BCUT2D eigenvalue weighted by molar-refractivity contribution is -0.137. The third kappa shape index (κ3) is 5.70. The van der Waals surface area contributed by atoms with Crippen molar-refractivity contribution in [3.05, 3.63) is 47.7 Å². The molecule has 0 fully saturated rings. The van der Waals surface area contributed by atoms with Crippen molar-refractivity contribution in [3.63, 3.8) is 0 Å². The molecule has 0 aliphatic heterocycles. The molecule has 0 aliphatic carbocycles. The van der Waals surface area contributed by atoms with Crippen LogP contribution >= 0.6 is 0 Å². The Balaban J connectivity index is 2.25. The first-order valence-electron chi connectivity index (χ1n) is 7.94. The number of nitrogens with zero attached hydrogens (tertiary/aromatic N) is 1. The van der Waals surface area contributed by atoms with E-state index in [1.807, 2.05) is 0 Å². The Kier molecular flexibility index (Phi) is 6.38. The van der Waals surface area contributed by atoms with Gasteiger partial charge >= 0.3 is 6.18 Å². The van der Waals surface area contributed by atoms with Crippen LogP contribution in [-0.4, -0.2) is 30.3 Å². The fourth-order valence-corrected chi connectivity index (χ4v) is 2.02. The lowest BCUT2D eigenvalue weighted by Gasteiger charge is -2.11. The van der Waals surface area contributed by atoms with Crippen LogP contribution in [0.1, 0.15) is 29.4 Å². The molecule has 144 valence electrons. The molecule has 0 atom stereocenters. The van der Waals surface area contributed by atoms with Crippen LogP contribution in [0.3, 0.4) is 0 Å². The zero-order chi connectivity index (χ0) is 20.0. The zero-order valence-electron chi connectivity index (χ0n) is 14.6. The van der Waals surface area contributed by atoms with Gasteiger partial charge in [-0.15, -0.1) is 0 Å². The largest absolute Gasteiger partial charge is 0.496 e. The smallest absolute Gasteiger partial charge is 0.416 e. The van der Waals surface area contributed by atoms with Crippen LogP contribution in [0.5, 0.6) is 17.4 Å². The van der Waals surface area contributed by atoms with E-state index >= 15 is 0 Å². The summed E-state index contributed by atoms with van der Waals surface area (Å²) >= 11 is 0. The van der Waals surface area contributed by atoms with Gasteiger partial charge in [0.15, 0.2) is 5.78 Å². The molecule has 2 aromatic rings. The van der Waals surface area contributed by atoms with Crippen LogP contribution in [0.2, 0.25) is 0 Å². The number of Topliss-reactive ketones (excluding diaryl/α,β-unsaturated/α-hetero) is 1. The molecule has 27 heavy (non-hydrogen) atoms. The molecular weight excluding hydrogens is 365 g/mol. The average molecular weight is 382 g/mol. The van der Waals surface area contributed by atoms with Gasteiger partial charge in [0, 0.05) is 18.6 Å². The molecular formula is C18H17F3N2O4. The molecule has 1 N–H and O–H groups in total. The quantitative estimate of drug-likeness (QED) is 0.792. The number of halogens is 3. The summed E-state index contributed by atoms with van der Waals surface area (Å²) in [5, 5.41) is 2.41. The Morgan fingerprint density at radius 1 is 1.15 bits per heavy atom. The molecule has 1 heterocycles. The van der Waals surface area contributed by atoms with Gasteiger partial charge in [-0.3, -0.25) is 9.59 Å². The van der Waals surface area contributed by atoms with E-state index < -0.39 is 17.6 Å². The minimum absolute atomic E-state index is 0.0970. The normalized spacial score (nSPS) is 11.0. The lowest BCUT2D eigenvalue weighted by atomic mass is 10.2. The predicted octanol–water partition coefficient (Wildman–Crippen LogP) is 3.61. The van der Waals surface area contributed by atoms with Gasteiger partial charge in [-0.25, -0.2) is 4.98 Å². The van der Waals surface area contributed by atoms with Crippen LogP contribution in [0, 0.1) is 0 Å². The van der Waals surface area contributed by atoms with Crippen molar-refractivity contribution in [2.24, 2.45) is 0 Å². The van der Waals surface area contributed by atoms with Gasteiger partial charge in [-0.1, -0.05) is 13.0 Å². The fraction of sp³-hybridized carbons (Fsp3) is 0.278. The zero-order valence-corrected chi connectivity index (χ0v) is 14.6. The SMILES string of the molecule is CCC(=O)CNC(=O)c1cc(OC)cc(Oc2cccc(C(F)(F)F)c2)n1. The molecule has 0 saturated heterocycles. The molecule has 1 aromatic heterocycles. The first kappa shape index (κ1) is 20.2. The number of hydrogen-bond acceptors (Lipinski definition) is 5. The monoisotopic (exact) mass is 382 g/mol. The number of amides is 1. The summed E-state index contributed by atoms with van der Waals surface area (Å²) in [6, 6.07) is 6.91. The second kappa shape index (κ2) is 8.52. The topological polar surface area (TPSA) is 77.5 Å². The number of pyridine rings is 1. The van der Waals surface area contributed by atoms with Crippen molar-refractivity contribution >= 4 is 11.7 Å². The number of carbonyl (C=O) groups is 2. The summed E-state index contributed by atoms with van der Waals surface area (Å²) in [6.07, 6.45) is -4.24. The number of alkyl halides is 3. The number of ketones is 1. The minimum Gasteiger partial charge on any atom is -0.496 e. The van der Waals surface area contributed by atoms with E-state index in [2.05, 4.69) is 10.3 Å². The maximum absolute atomic E-state index is 12.8. The summed E-state index contributed by atoms with van der Waals surface area (Å²) < 4.78 is 48.8. The Morgan fingerprint density at radius 3 is 2.52 bits per heavy atom. The predicted molar refractivity (Wildman–Crippen MR) is 89.9 cm³/mol. The number of benzene rings is 1. The minimum atomic E-state index is -4.52. The average Bonchev–Trinajstić information content (AvgIpc) is 2.64. The van der Waals surface area contributed by atoms with Crippen molar-refractivity contribution in [2.45, 2.75) is 19.5 Å². The Labute approximate surface area is 153 Å².